The molecule has 0 spiro atoms. The van der Waals surface area contributed by atoms with Crippen LogP contribution >= 0.6 is 0 Å². The number of carbonyl (C=O) groups is 3. The van der Waals surface area contributed by atoms with E-state index in [1.165, 1.54) is 0 Å². The maximum absolute atomic E-state index is 11.9. The van der Waals surface area contributed by atoms with Gasteiger partial charge in [-0.1, -0.05) is 152 Å². The van der Waals surface area contributed by atoms with Gasteiger partial charge in [-0.15, -0.1) is 0 Å². The summed E-state index contributed by atoms with van der Waals surface area (Å²) in [6.07, 6.45) is -2.94. The average molecular weight is 633 g/mol. The molecule has 2 atom stereocenters. The number of carbonyl (C=O) groups excluding carboxylic acids is 3. The van der Waals surface area contributed by atoms with Crippen LogP contribution in [0.3, 0.4) is 0 Å². The summed E-state index contributed by atoms with van der Waals surface area (Å²) in [7, 11) is 0. The summed E-state index contributed by atoms with van der Waals surface area (Å²) in [4.78, 5) is 35.7. The van der Waals surface area contributed by atoms with Gasteiger partial charge < -0.3 is 19.7 Å². The van der Waals surface area contributed by atoms with Gasteiger partial charge in [0.2, 0.25) is 12.1 Å². The van der Waals surface area contributed by atoms with Gasteiger partial charge in [0.05, 0.1) is 0 Å². The van der Waals surface area contributed by atoms with E-state index in [4.69, 9.17) is 9.47 Å². The van der Waals surface area contributed by atoms with Crippen molar-refractivity contribution in [3.63, 3.8) is 0 Å². The van der Waals surface area contributed by atoms with Crippen LogP contribution in [0, 0.1) is 0 Å². The van der Waals surface area contributed by atoms with Crippen LogP contribution in [-0.4, -0.2) is 47.1 Å². The lowest BCUT2D eigenvalue weighted by Gasteiger charge is -2.15. The van der Waals surface area contributed by atoms with Crippen molar-refractivity contribution in [2.45, 2.75) is 32.3 Å². The van der Waals surface area contributed by atoms with Gasteiger partial charge in [-0.25, -0.2) is 0 Å². The van der Waals surface area contributed by atoms with E-state index in [1.54, 1.807) is 109 Å². The summed E-state index contributed by atoms with van der Waals surface area (Å²) in [6.45, 7) is 4.60. The Morgan fingerprint density at radius 2 is 0.702 bits per heavy atom. The van der Waals surface area contributed by atoms with Crippen LogP contribution in [0.5, 0.6) is 0 Å². The van der Waals surface area contributed by atoms with Crippen molar-refractivity contribution in [3.05, 3.63) is 179 Å². The fourth-order valence-electron chi connectivity index (χ4n) is 4.33. The Morgan fingerprint density at radius 3 is 0.979 bits per heavy atom. The highest BCUT2D eigenvalue weighted by atomic mass is 16.7. The molecule has 0 saturated heterocycles. The SMILES string of the molecule is CCOC(OCC)C(=O)c1ccccc1.O=C(c1ccccc1)C(O)c1ccccc1.O=C(c1ccccc1)C(O)c1ccccc1. The Bertz CT molecular complexity index is 1510. The predicted octanol–water partition coefficient (Wildman–Crippen LogP) is 7.47. The molecule has 0 heterocycles. The summed E-state index contributed by atoms with van der Waals surface area (Å²) in [5.74, 6) is -0.669. The molecule has 7 nitrogen and oxygen atoms in total. The zero-order valence-corrected chi connectivity index (χ0v) is 26.5. The molecular formula is C40H40O7. The zero-order valence-electron chi connectivity index (χ0n) is 26.5. The number of rotatable bonds is 12. The molecule has 7 heteroatoms. The molecule has 242 valence electrons. The van der Waals surface area contributed by atoms with Gasteiger partial charge in [-0.3, -0.25) is 14.4 Å². The van der Waals surface area contributed by atoms with Crippen LogP contribution in [0.4, 0.5) is 0 Å². The van der Waals surface area contributed by atoms with E-state index in [9.17, 15) is 24.6 Å². The van der Waals surface area contributed by atoms with Crippen molar-refractivity contribution < 1.29 is 34.1 Å². The zero-order chi connectivity index (χ0) is 33.9. The lowest BCUT2D eigenvalue weighted by atomic mass is 10.0. The van der Waals surface area contributed by atoms with E-state index >= 15 is 0 Å². The second-order valence-electron chi connectivity index (χ2n) is 10.1. The lowest BCUT2D eigenvalue weighted by molar-refractivity contribution is -0.107. The molecule has 0 bridgehead atoms. The van der Waals surface area contributed by atoms with Gasteiger partial charge >= 0.3 is 0 Å². The third-order valence-electron chi connectivity index (χ3n) is 6.75. The first-order chi connectivity index (χ1) is 22.9. The summed E-state index contributed by atoms with van der Waals surface area (Å²) in [5, 5.41) is 19.8. The fourth-order valence-corrected chi connectivity index (χ4v) is 4.33. The summed E-state index contributed by atoms with van der Waals surface area (Å²) in [5.41, 5.74) is 2.91. The van der Waals surface area contributed by atoms with Crippen molar-refractivity contribution in [1.29, 1.82) is 0 Å². The van der Waals surface area contributed by atoms with Gasteiger partial charge in [-0.05, 0) is 25.0 Å². The van der Waals surface area contributed by atoms with Crippen molar-refractivity contribution in [2.75, 3.05) is 13.2 Å². The summed E-state index contributed by atoms with van der Waals surface area (Å²) >= 11 is 0. The standard InChI is InChI=1S/2C14H12O2.C12H16O3/c2*15-13(11-7-3-1-4-8-11)14(16)12-9-5-2-6-10-12;1-3-14-12(15-4-2)11(13)10-8-6-5-7-9-10/h2*1-10,13,15H;5-9,12H,3-4H2,1-2H3. The number of hydrogen-bond acceptors (Lipinski definition) is 7. The monoisotopic (exact) mass is 632 g/mol. The molecule has 5 rings (SSSR count). The molecule has 0 radical (unpaired) electrons. The summed E-state index contributed by atoms with van der Waals surface area (Å²) < 4.78 is 10.5. The number of Topliss-reactive ketones (excluding diaryl/α,β-unsaturated/α-hetero) is 3. The second-order valence-corrected chi connectivity index (χ2v) is 10.1. The van der Waals surface area contributed by atoms with Gasteiger partial charge in [0, 0.05) is 29.9 Å². The first kappa shape index (κ1) is 36.4. The van der Waals surface area contributed by atoms with E-state index in [-0.39, 0.29) is 17.3 Å². The van der Waals surface area contributed by atoms with Crippen LogP contribution in [0.1, 0.15) is 68.3 Å². The van der Waals surface area contributed by atoms with E-state index < -0.39 is 18.5 Å². The summed E-state index contributed by atoms with van der Waals surface area (Å²) in [6, 6.07) is 44.5. The van der Waals surface area contributed by atoms with Gasteiger partial charge in [0.15, 0.2) is 11.6 Å². The van der Waals surface area contributed by atoms with Crippen LogP contribution in [0.25, 0.3) is 0 Å². The van der Waals surface area contributed by atoms with Crippen molar-refractivity contribution >= 4 is 17.3 Å². The minimum atomic E-state index is -1.08. The molecule has 0 aliphatic heterocycles. The highest BCUT2D eigenvalue weighted by Crippen LogP contribution is 2.19. The highest BCUT2D eigenvalue weighted by Gasteiger charge is 2.20. The van der Waals surface area contributed by atoms with E-state index in [2.05, 4.69) is 0 Å². The number of benzene rings is 5. The van der Waals surface area contributed by atoms with Gasteiger partial charge in [0.1, 0.15) is 12.2 Å². The van der Waals surface area contributed by atoms with Gasteiger partial charge in [-0.2, -0.15) is 0 Å². The molecule has 0 aliphatic rings. The van der Waals surface area contributed by atoms with E-state index in [0.29, 0.717) is 41.0 Å². The van der Waals surface area contributed by atoms with Crippen molar-refractivity contribution in [2.24, 2.45) is 0 Å². The van der Waals surface area contributed by atoms with Gasteiger partial charge in [0.25, 0.3) is 0 Å². The number of ether oxygens (including phenoxy) is 2. The Labute approximate surface area is 276 Å². The molecule has 0 amide bonds. The molecule has 0 fully saturated rings. The Morgan fingerprint density at radius 1 is 0.447 bits per heavy atom. The third-order valence-corrected chi connectivity index (χ3v) is 6.75. The first-order valence-electron chi connectivity index (χ1n) is 15.3. The minimum absolute atomic E-state index is 0.126. The normalized spacial score (nSPS) is 11.6. The highest BCUT2D eigenvalue weighted by molar-refractivity contribution is 6.00. The Balaban J connectivity index is 0.000000192. The van der Waals surface area contributed by atoms with E-state index in [0.717, 1.165) is 0 Å². The molecule has 0 aliphatic carbocycles. The lowest BCUT2D eigenvalue weighted by Crippen LogP contribution is -2.27. The second kappa shape index (κ2) is 20.2. The van der Waals surface area contributed by atoms with Crippen molar-refractivity contribution in [1.82, 2.24) is 0 Å². The number of aliphatic hydroxyl groups excluding tert-OH is 2. The smallest absolute Gasteiger partial charge is 0.222 e. The number of aliphatic hydroxyl groups is 2. The number of hydrogen-bond donors (Lipinski definition) is 2. The number of ketones is 3. The molecule has 5 aromatic carbocycles. The molecule has 0 saturated carbocycles. The average Bonchev–Trinajstić information content (AvgIpc) is 3.15. The fraction of sp³-hybridized carbons (Fsp3) is 0.175. The molecule has 2 unspecified atom stereocenters. The first-order valence-corrected chi connectivity index (χ1v) is 15.3. The largest absolute Gasteiger partial charge is 0.380 e. The Hall–Kier alpha value is -5.05. The maximum atomic E-state index is 11.9. The minimum Gasteiger partial charge on any atom is -0.380 e. The van der Waals surface area contributed by atoms with Crippen LogP contribution in [-0.2, 0) is 9.47 Å². The van der Waals surface area contributed by atoms with Crippen LogP contribution in [0.15, 0.2) is 152 Å². The maximum Gasteiger partial charge on any atom is 0.222 e. The van der Waals surface area contributed by atoms with Crippen LogP contribution < -0.4 is 0 Å². The van der Waals surface area contributed by atoms with Crippen LogP contribution in [0.2, 0.25) is 0 Å². The Kier molecular flexibility index (Phi) is 15.6. The van der Waals surface area contributed by atoms with Crippen molar-refractivity contribution in [3.8, 4) is 0 Å². The predicted molar refractivity (Wildman–Crippen MR) is 182 cm³/mol. The van der Waals surface area contributed by atoms with E-state index in [1.807, 2.05) is 56.3 Å². The molecule has 0 aromatic heterocycles. The molecule has 5 aromatic rings. The molecular weight excluding hydrogens is 592 g/mol. The molecule has 2 N–H and O–H groups in total. The third kappa shape index (κ3) is 11.7. The topological polar surface area (TPSA) is 110 Å². The quantitative estimate of drug-likeness (QED) is 0.108. The molecule has 47 heavy (non-hydrogen) atoms.